The van der Waals surface area contributed by atoms with Crippen molar-refractivity contribution < 1.29 is 0 Å². The van der Waals surface area contributed by atoms with Gasteiger partial charge in [0.05, 0.1) is 0 Å². The topological polar surface area (TPSA) is 15.3 Å². The lowest BCUT2D eigenvalue weighted by Crippen LogP contribution is -2.56. The van der Waals surface area contributed by atoms with Gasteiger partial charge in [-0.3, -0.25) is 4.90 Å². The van der Waals surface area contributed by atoms with Gasteiger partial charge in [0.15, 0.2) is 0 Å². The molecule has 0 amide bonds. The molecule has 0 aliphatic carbocycles. The maximum atomic E-state index is 3.81. The Labute approximate surface area is 75.6 Å². The van der Waals surface area contributed by atoms with Crippen LogP contribution in [0.15, 0.2) is 12.7 Å². The third-order valence-electron chi connectivity index (χ3n) is 2.60. The molecule has 1 heterocycles. The molecule has 0 unspecified atom stereocenters. The Morgan fingerprint density at radius 3 is 2.75 bits per heavy atom. The van der Waals surface area contributed by atoms with Gasteiger partial charge < -0.3 is 5.32 Å². The van der Waals surface area contributed by atoms with E-state index in [1.165, 1.54) is 0 Å². The van der Waals surface area contributed by atoms with Crippen molar-refractivity contribution in [3.05, 3.63) is 12.7 Å². The lowest BCUT2D eigenvalue weighted by molar-refractivity contribution is 0.119. The zero-order chi connectivity index (χ0) is 9.14. The zero-order valence-corrected chi connectivity index (χ0v) is 8.38. The lowest BCUT2D eigenvalue weighted by Gasteiger charge is -2.40. The lowest BCUT2D eigenvalue weighted by atomic mass is 10.1. The Morgan fingerprint density at radius 1 is 1.58 bits per heavy atom. The van der Waals surface area contributed by atoms with E-state index in [1.807, 2.05) is 6.08 Å². The van der Waals surface area contributed by atoms with Gasteiger partial charge in [-0.25, -0.2) is 0 Å². The molecule has 0 radical (unpaired) electrons. The molecule has 12 heavy (non-hydrogen) atoms. The molecule has 2 nitrogen and oxygen atoms in total. The van der Waals surface area contributed by atoms with Crippen molar-refractivity contribution in [3.8, 4) is 0 Å². The number of hydrogen-bond acceptors (Lipinski definition) is 2. The average Bonchev–Trinajstić information content (AvgIpc) is 2.05. The normalized spacial score (nSPS) is 32.3. The fourth-order valence-corrected chi connectivity index (χ4v) is 1.79. The van der Waals surface area contributed by atoms with Crippen molar-refractivity contribution in [2.45, 2.75) is 38.9 Å². The van der Waals surface area contributed by atoms with Gasteiger partial charge in [0.1, 0.15) is 0 Å². The zero-order valence-electron chi connectivity index (χ0n) is 8.38. The van der Waals surface area contributed by atoms with E-state index < -0.39 is 0 Å². The predicted octanol–water partition coefficient (Wildman–Crippen LogP) is 1.24. The number of nitrogens with zero attached hydrogens (tertiary/aromatic N) is 1. The fourth-order valence-electron chi connectivity index (χ4n) is 1.79. The molecule has 0 spiro atoms. The first-order valence-electron chi connectivity index (χ1n) is 4.76. The maximum absolute atomic E-state index is 3.81. The standard InChI is InChI=1S/C10H20N2/c1-5-10-7-12(8(2)3)9(4)6-11-10/h5,8-11H,1,6-7H2,2-4H3/t9-,10+/m1/s1. The van der Waals surface area contributed by atoms with Crippen LogP contribution in [0.25, 0.3) is 0 Å². The van der Waals surface area contributed by atoms with Gasteiger partial charge in [0.2, 0.25) is 0 Å². The van der Waals surface area contributed by atoms with E-state index in [0.29, 0.717) is 18.1 Å². The highest BCUT2D eigenvalue weighted by molar-refractivity contribution is 4.94. The van der Waals surface area contributed by atoms with Crippen LogP contribution >= 0.6 is 0 Å². The molecule has 0 aromatic heterocycles. The van der Waals surface area contributed by atoms with E-state index in [1.54, 1.807) is 0 Å². The fraction of sp³-hybridized carbons (Fsp3) is 0.800. The first-order chi connectivity index (χ1) is 5.65. The number of piperazine rings is 1. The molecule has 2 atom stereocenters. The Balaban J connectivity index is 2.52. The van der Waals surface area contributed by atoms with Gasteiger partial charge in [-0.2, -0.15) is 0 Å². The Hall–Kier alpha value is -0.340. The second-order valence-electron chi connectivity index (χ2n) is 3.89. The summed E-state index contributed by atoms with van der Waals surface area (Å²) in [6, 6.07) is 1.77. The van der Waals surface area contributed by atoms with Crippen LogP contribution in [-0.4, -0.2) is 36.1 Å². The molecule has 1 saturated heterocycles. The van der Waals surface area contributed by atoms with Crippen LogP contribution in [-0.2, 0) is 0 Å². The van der Waals surface area contributed by atoms with Crippen molar-refractivity contribution >= 4 is 0 Å². The van der Waals surface area contributed by atoms with Gasteiger partial charge in [-0.15, -0.1) is 6.58 Å². The highest BCUT2D eigenvalue weighted by Gasteiger charge is 2.24. The van der Waals surface area contributed by atoms with Crippen LogP contribution in [0.4, 0.5) is 0 Å². The van der Waals surface area contributed by atoms with Crippen LogP contribution in [0.5, 0.6) is 0 Å². The SMILES string of the molecule is C=C[C@H]1CN(C(C)C)[C@H](C)CN1. The minimum atomic E-state index is 0.476. The number of hydrogen-bond donors (Lipinski definition) is 1. The molecule has 1 N–H and O–H groups in total. The number of nitrogens with one attached hydrogen (secondary N) is 1. The molecule has 2 heteroatoms. The highest BCUT2D eigenvalue weighted by atomic mass is 15.2. The summed E-state index contributed by atoms with van der Waals surface area (Å²) in [7, 11) is 0. The van der Waals surface area contributed by atoms with Crippen molar-refractivity contribution in [1.82, 2.24) is 10.2 Å². The summed E-state index contributed by atoms with van der Waals surface area (Å²) < 4.78 is 0. The van der Waals surface area contributed by atoms with Crippen LogP contribution < -0.4 is 5.32 Å². The summed E-state index contributed by atoms with van der Waals surface area (Å²) in [6.07, 6.45) is 2.00. The van der Waals surface area contributed by atoms with Crippen molar-refractivity contribution in [2.75, 3.05) is 13.1 Å². The van der Waals surface area contributed by atoms with E-state index in [-0.39, 0.29) is 0 Å². The summed E-state index contributed by atoms with van der Waals surface area (Å²) >= 11 is 0. The third kappa shape index (κ3) is 2.08. The largest absolute Gasteiger partial charge is 0.308 e. The van der Waals surface area contributed by atoms with Crippen molar-refractivity contribution in [1.29, 1.82) is 0 Å². The van der Waals surface area contributed by atoms with E-state index in [0.717, 1.165) is 13.1 Å². The van der Waals surface area contributed by atoms with Crippen molar-refractivity contribution in [2.24, 2.45) is 0 Å². The summed E-state index contributed by atoms with van der Waals surface area (Å²) in [4.78, 5) is 2.52. The van der Waals surface area contributed by atoms with E-state index in [4.69, 9.17) is 0 Å². The van der Waals surface area contributed by atoms with E-state index in [2.05, 4.69) is 37.6 Å². The highest BCUT2D eigenvalue weighted by Crippen LogP contribution is 2.10. The minimum Gasteiger partial charge on any atom is -0.308 e. The molecule has 0 aromatic rings. The second-order valence-corrected chi connectivity index (χ2v) is 3.89. The van der Waals surface area contributed by atoms with Crippen molar-refractivity contribution in [3.63, 3.8) is 0 Å². The van der Waals surface area contributed by atoms with E-state index in [9.17, 15) is 0 Å². The first-order valence-corrected chi connectivity index (χ1v) is 4.76. The van der Waals surface area contributed by atoms with Gasteiger partial charge >= 0.3 is 0 Å². The molecule has 1 rings (SSSR count). The van der Waals surface area contributed by atoms with Gasteiger partial charge in [0.25, 0.3) is 0 Å². The Kier molecular flexibility index (Phi) is 3.29. The second kappa shape index (κ2) is 4.06. The monoisotopic (exact) mass is 168 g/mol. The number of rotatable bonds is 2. The molecule has 1 aliphatic heterocycles. The summed E-state index contributed by atoms with van der Waals surface area (Å²) in [5.74, 6) is 0. The summed E-state index contributed by atoms with van der Waals surface area (Å²) in [5.41, 5.74) is 0. The Bertz CT molecular complexity index is 154. The summed E-state index contributed by atoms with van der Waals surface area (Å²) in [6.45, 7) is 12.8. The molecule has 0 aromatic carbocycles. The average molecular weight is 168 g/mol. The van der Waals surface area contributed by atoms with Crippen LogP contribution in [0, 0.1) is 0 Å². The van der Waals surface area contributed by atoms with E-state index >= 15 is 0 Å². The van der Waals surface area contributed by atoms with Crippen LogP contribution in [0.1, 0.15) is 20.8 Å². The Morgan fingerprint density at radius 2 is 2.25 bits per heavy atom. The van der Waals surface area contributed by atoms with Gasteiger partial charge in [-0.1, -0.05) is 6.08 Å². The molecule has 1 aliphatic rings. The smallest absolute Gasteiger partial charge is 0.0376 e. The molecule has 70 valence electrons. The van der Waals surface area contributed by atoms with Gasteiger partial charge in [0, 0.05) is 31.2 Å². The molecular weight excluding hydrogens is 148 g/mol. The molecule has 0 bridgehead atoms. The predicted molar refractivity (Wildman–Crippen MR) is 53.3 cm³/mol. The molecule has 1 fully saturated rings. The van der Waals surface area contributed by atoms with Crippen LogP contribution in [0.3, 0.4) is 0 Å². The summed E-state index contributed by atoms with van der Waals surface area (Å²) in [5, 5.41) is 3.44. The van der Waals surface area contributed by atoms with Gasteiger partial charge in [-0.05, 0) is 20.8 Å². The third-order valence-corrected chi connectivity index (χ3v) is 2.60. The molecule has 0 saturated carbocycles. The molecular formula is C10H20N2. The quantitative estimate of drug-likeness (QED) is 0.624. The van der Waals surface area contributed by atoms with Crippen LogP contribution in [0.2, 0.25) is 0 Å². The minimum absolute atomic E-state index is 0.476. The first kappa shape index (κ1) is 9.75. The maximum Gasteiger partial charge on any atom is 0.0376 e.